The topological polar surface area (TPSA) is 72.8 Å². The van der Waals surface area contributed by atoms with E-state index in [-0.39, 0.29) is 25.2 Å². The summed E-state index contributed by atoms with van der Waals surface area (Å²) in [7, 11) is 0. The Labute approximate surface area is 412 Å². The average molecular weight is 928 g/mol. The number of hydrogen-bond donors (Lipinski definition) is 1. The standard InChI is InChI=1S/C61H114O5/c1-3-5-7-9-11-13-15-17-19-20-21-22-23-24-25-26-27-28-29-30-31-32-33-34-35-36-37-38-39-40-42-43-45-47-49-51-53-55-60(63)65-58-59(57-62)66-61(64)56-54-52-50-48-46-44-41-18-16-14-12-10-8-6-4-2/h12,14,18,20-21,41,59,62H,3-11,13,15-17,19,22-40,42-58H2,1-2H3/b14-12-,21-20-,41-18-. The minimum absolute atomic E-state index is 0.0675. The molecule has 0 aromatic carbocycles. The van der Waals surface area contributed by atoms with Gasteiger partial charge in [0.05, 0.1) is 6.61 Å². The third-order valence-electron chi connectivity index (χ3n) is 13.4. The van der Waals surface area contributed by atoms with Gasteiger partial charge in [0, 0.05) is 12.8 Å². The van der Waals surface area contributed by atoms with Crippen LogP contribution in [0.15, 0.2) is 36.5 Å². The quantitative estimate of drug-likeness (QED) is 0.0374. The normalized spacial score (nSPS) is 12.3. The third kappa shape index (κ3) is 54.7. The van der Waals surface area contributed by atoms with Crippen LogP contribution < -0.4 is 0 Å². The molecular formula is C61H114O5. The van der Waals surface area contributed by atoms with Gasteiger partial charge in [0.25, 0.3) is 0 Å². The summed E-state index contributed by atoms with van der Waals surface area (Å²) in [6, 6.07) is 0. The molecule has 0 heterocycles. The first-order valence-electron chi connectivity index (χ1n) is 29.5. The van der Waals surface area contributed by atoms with Crippen LogP contribution in [0, 0.1) is 0 Å². The van der Waals surface area contributed by atoms with E-state index >= 15 is 0 Å². The first-order valence-corrected chi connectivity index (χ1v) is 29.5. The maximum absolute atomic E-state index is 12.2. The second kappa shape index (κ2) is 57.4. The Hall–Kier alpha value is -1.88. The van der Waals surface area contributed by atoms with Crippen molar-refractivity contribution in [3.05, 3.63) is 36.5 Å². The molecule has 1 unspecified atom stereocenters. The van der Waals surface area contributed by atoms with Crippen LogP contribution in [-0.4, -0.2) is 36.4 Å². The molecule has 0 rings (SSSR count). The van der Waals surface area contributed by atoms with Crippen molar-refractivity contribution in [1.82, 2.24) is 0 Å². The zero-order valence-corrected chi connectivity index (χ0v) is 44.5. The molecule has 5 nitrogen and oxygen atoms in total. The van der Waals surface area contributed by atoms with Crippen LogP contribution in [0.2, 0.25) is 0 Å². The molecule has 66 heavy (non-hydrogen) atoms. The fourth-order valence-corrected chi connectivity index (χ4v) is 8.94. The Morgan fingerprint density at radius 1 is 0.348 bits per heavy atom. The summed E-state index contributed by atoms with van der Waals surface area (Å²) in [5.74, 6) is -0.593. The number of hydrogen-bond acceptors (Lipinski definition) is 5. The van der Waals surface area contributed by atoms with E-state index in [1.165, 1.54) is 244 Å². The number of unbranched alkanes of at least 4 members (excludes halogenated alkanes) is 41. The predicted molar refractivity (Wildman–Crippen MR) is 288 cm³/mol. The van der Waals surface area contributed by atoms with Crippen LogP contribution in [-0.2, 0) is 19.1 Å². The first-order chi connectivity index (χ1) is 32.6. The average Bonchev–Trinajstić information content (AvgIpc) is 3.32. The molecule has 388 valence electrons. The lowest BCUT2D eigenvalue weighted by Crippen LogP contribution is -2.28. The lowest BCUT2D eigenvalue weighted by atomic mass is 10.0. The molecule has 0 spiro atoms. The minimum Gasteiger partial charge on any atom is -0.462 e. The second-order valence-corrected chi connectivity index (χ2v) is 20.1. The van der Waals surface area contributed by atoms with Crippen LogP contribution in [0.25, 0.3) is 0 Å². The van der Waals surface area contributed by atoms with Gasteiger partial charge >= 0.3 is 11.9 Å². The summed E-state index contributed by atoms with van der Waals surface area (Å²) < 4.78 is 10.7. The number of ether oxygens (including phenoxy) is 2. The van der Waals surface area contributed by atoms with Crippen LogP contribution in [0.1, 0.15) is 322 Å². The van der Waals surface area contributed by atoms with Gasteiger partial charge in [0.1, 0.15) is 6.61 Å². The fourth-order valence-electron chi connectivity index (χ4n) is 8.94. The second-order valence-electron chi connectivity index (χ2n) is 20.1. The number of aliphatic hydroxyl groups excluding tert-OH is 1. The van der Waals surface area contributed by atoms with Gasteiger partial charge in [-0.15, -0.1) is 0 Å². The van der Waals surface area contributed by atoms with E-state index in [1.807, 2.05) is 0 Å². The molecule has 0 aromatic rings. The SMILES string of the molecule is CCCCC/C=C\C/C=C\CCCCCCCC(=O)OC(CO)COC(=O)CCCCCCCCCCCCCCCCCCCCCCCCCCC/C=C\CCCCCCCCCC. The monoisotopic (exact) mass is 927 g/mol. The largest absolute Gasteiger partial charge is 0.462 e. The Bertz CT molecular complexity index is 1050. The molecule has 0 aliphatic rings. The predicted octanol–water partition coefficient (Wildman–Crippen LogP) is 19.9. The Morgan fingerprint density at radius 3 is 0.939 bits per heavy atom. The number of carbonyl (C=O) groups is 2. The summed E-state index contributed by atoms with van der Waals surface area (Å²) in [6.07, 6.45) is 74.4. The third-order valence-corrected chi connectivity index (χ3v) is 13.4. The van der Waals surface area contributed by atoms with E-state index in [0.29, 0.717) is 12.8 Å². The molecule has 0 aliphatic carbocycles. The van der Waals surface area contributed by atoms with Gasteiger partial charge in [-0.3, -0.25) is 9.59 Å². The lowest BCUT2D eigenvalue weighted by molar-refractivity contribution is -0.161. The van der Waals surface area contributed by atoms with Crippen LogP contribution in [0.3, 0.4) is 0 Å². The van der Waals surface area contributed by atoms with E-state index in [9.17, 15) is 14.7 Å². The van der Waals surface area contributed by atoms with Gasteiger partial charge in [-0.2, -0.15) is 0 Å². The van der Waals surface area contributed by atoms with Gasteiger partial charge in [-0.05, 0) is 70.6 Å². The maximum atomic E-state index is 12.2. The van der Waals surface area contributed by atoms with Gasteiger partial charge < -0.3 is 14.6 Å². The van der Waals surface area contributed by atoms with E-state index in [0.717, 1.165) is 51.4 Å². The molecule has 0 saturated heterocycles. The van der Waals surface area contributed by atoms with Crippen molar-refractivity contribution in [1.29, 1.82) is 0 Å². The Kier molecular flexibility index (Phi) is 55.8. The molecule has 1 N–H and O–H groups in total. The zero-order valence-electron chi connectivity index (χ0n) is 44.5. The highest BCUT2D eigenvalue weighted by molar-refractivity contribution is 5.70. The highest BCUT2D eigenvalue weighted by Gasteiger charge is 2.16. The highest BCUT2D eigenvalue weighted by atomic mass is 16.6. The smallest absolute Gasteiger partial charge is 0.306 e. The highest BCUT2D eigenvalue weighted by Crippen LogP contribution is 2.17. The number of rotatable bonds is 55. The van der Waals surface area contributed by atoms with Gasteiger partial charge in [0.2, 0.25) is 0 Å². The molecule has 0 aromatic heterocycles. The number of esters is 2. The summed E-state index contributed by atoms with van der Waals surface area (Å²) in [5.41, 5.74) is 0. The van der Waals surface area contributed by atoms with Gasteiger partial charge in [0.15, 0.2) is 6.10 Å². The molecule has 0 aliphatic heterocycles. The Balaban J connectivity index is 3.37. The molecule has 1 atom stereocenters. The number of aliphatic hydroxyl groups is 1. The molecule has 0 amide bonds. The minimum atomic E-state index is -0.777. The molecule has 0 saturated carbocycles. The fraction of sp³-hybridized carbons (Fsp3) is 0.869. The van der Waals surface area contributed by atoms with Gasteiger partial charge in [-0.1, -0.05) is 275 Å². The molecule has 0 bridgehead atoms. The van der Waals surface area contributed by atoms with Crippen molar-refractivity contribution >= 4 is 11.9 Å². The molecule has 5 heteroatoms. The summed E-state index contributed by atoms with van der Waals surface area (Å²) in [5, 5.41) is 9.62. The van der Waals surface area contributed by atoms with Crippen LogP contribution >= 0.6 is 0 Å². The van der Waals surface area contributed by atoms with Crippen molar-refractivity contribution in [2.75, 3.05) is 13.2 Å². The zero-order chi connectivity index (χ0) is 47.7. The number of carbonyl (C=O) groups excluding carboxylic acids is 2. The number of allylic oxidation sites excluding steroid dienone is 6. The molecule has 0 fully saturated rings. The van der Waals surface area contributed by atoms with Crippen molar-refractivity contribution in [3.8, 4) is 0 Å². The van der Waals surface area contributed by atoms with Crippen molar-refractivity contribution in [3.63, 3.8) is 0 Å². The van der Waals surface area contributed by atoms with Crippen LogP contribution in [0.4, 0.5) is 0 Å². The lowest BCUT2D eigenvalue weighted by Gasteiger charge is -2.15. The summed E-state index contributed by atoms with van der Waals surface area (Å²) in [4.78, 5) is 24.4. The van der Waals surface area contributed by atoms with E-state index < -0.39 is 6.10 Å². The van der Waals surface area contributed by atoms with E-state index in [1.54, 1.807) is 0 Å². The van der Waals surface area contributed by atoms with Crippen molar-refractivity contribution in [2.45, 2.75) is 328 Å². The Morgan fingerprint density at radius 2 is 0.606 bits per heavy atom. The van der Waals surface area contributed by atoms with E-state index in [2.05, 4.69) is 50.3 Å². The summed E-state index contributed by atoms with van der Waals surface area (Å²) in [6.45, 7) is 4.13. The van der Waals surface area contributed by atoms with E-state index in [4.69, 9.17) is 9.47 Å². The summed E-state index contributed by atoms with van der Waals surface area (Å²) >= 11 is 0. The van der Waals surface area contributed by atoms with Crippen molar-refractivity contribution in [2.24, 2.45) is 0 Å². The molecule has 0 radical (unpaired) electrons. The van der Waals surface area contributed by atoms with Crippen LogP contribution in [0.5, 0.6) is 0 Å². The van der Waals surface area contributed by atoms with Gasteiger partial charge in [-0.25, -0.2) is 0 Å². The first kappa shape index (κ1) is 64.1. The maximum Gasteiger partial charge on any atom is 0.306 e. The molecular weight excluding hydrogens is 813 g/mol. The van der Waals surface area contributed by atoms with Crippen molar-refractivity contribution < 1.29 is 24.2 Å².